The minimum Gasteiger partial charge on any atom is -0.340 e. The second-order valence-electron chi connectivity index (χ2n) is 5.31. The van der Waals surface area contributed by atoms with Crippen LogP contribution in [0.3, 0.4) is 0 Å². The molecule has 0 aliphatic carbocycles. The zero-order valence-corrected chi connectivity index (χ0v) is 13.7. The molecule has 3 aromatic rings. The molecule has 0 spiro atoms. The zero-order valence-electron chi connectivity index (χ0n) is 12.2. The monoisotopic (exact) mass is 364 g/mol. The van der Waals surface area contributed by atoms with Crippen molar-refractivity contribution in [2.24, 2.45) is 0 Å². The highest BCUT2D eigenvalue weighted by Gasteiger charge is 2.29. The number of carbonyl (C=O) groups is 1. The topological polar surface area (TPSA) is 98.2 Å². The number of hydrogen-bond acceptors (Lipinski definition) is 6. The summed E-state index contributed by atoms with van der Waals surface area (Å²) in [5, 5.41) is 10.8. The molecule has 0 aliphatic heterocycles. The van der Waals surface area contributed by atoms with Crippen LogP contribution in [0, 0.1) is 6.92 Å². The van der Waals surface area contributed by atoms with Crippen LogP contribution in [-0.2, 0) is 5.54 Å². The normalized spacial score (nSPS) is 11.8. The van der Waals surface area contributed by atoms with Gasteiger partial charge in [0.2, 0.25) is 5.89 Å². The van der Waals surface area contributed by atoms with Crippen molar-refractivity contribution < 1.29 is 9.32 Å². The van der Waals surface area contributed by atoms with Crippen LogP contribution in [0.2, 0.25) is 0 Å². The van der Waals surface area contributed by atoms with Crippen LogP contribution in [0.25, 0.3) is 5.65 Å². The molecule has 114 valence electrons. The first-order chi connectivity index (χ1) is 10.4. The van der Waals surface area contributed by atoms with Crippen LogP contribution in [0.5, 0.6) is 0 Å². The molecule has 3 heterocycles. The lowest BCUT2D eigenvalue weighted by atomic mass is 10.0. The van der Waals surface area contributed by atoms with Crippen LogP contribution in [0.1, 0.15) is 35.9 Å². The average Bonchev–Trinajstić information content (AvgIpc) is 3.04. The first-order valence-electron chi connectivity index (χ1n) is 6.49. The van der Waals surface area contributed by atoms with Crippen molar-refractivity contribution >= 4 is 27.5 Å². The Labute approximate surface area is 134 Å². The number of rotatable bonds is 3. The van der Waals surface area contributed by atoms with Gasteiger partial charge in [0.05, 0.1) is 16.2 Å². The molecule has 1 N–H and O–H groups in total. The smallest absolute Gasteiger partial charge is 0.257 e. The molecule has 0 aromatic carbocycles. The number of fused-ring (bicyclic) bond motifs is 1. The molecule has 0 radical (unpaired) electrons. The van der Waals surface area contributed by atoms with Crippen LogP contribution in [0.4, 0.5) is 0 Å². The van der Waals surface area contributed by atoms with Gasteiger partial charge in [-0.1, -0.05) is 5.16 Å². The molecule has 0 fully saturated rings. The summed E-state index contributed by atoms with van der Waals surface area (Å²) in [7, 11) is 0. The summed E-state index contributed by atoms with van der Waals surface area (Å²) in [5.74, 6) is 0.544. The first kappa shape index (κ1) is 14.6. The second-order valence-corrected chi connectivity index (χ2v) is 6.23. The minimum atomic E-state index is -0.779. The highest BCUT2D eigenvalue weighted by atomic mass is 79.9. The van der Waals surface area contributed by atoms with Crippen molar-refractivity contribution in [3.8, 4) is 0 Å². The molecule has 0 bridgehead atoms. The summed E-state index contributed by atoms with van der Waals surface area (Å²) in [6.45, 7) is 5.29. The Balaban J connectivity index is 1.90. The number of amides is 1. The van der Waals surface area contributed by atoms with Gasteiger partial charge in [0.15, 0.2) is 11.5 Å². The Bertz CT molecular complexity index is 853. The molecule has 1 amide bonds. The molecule has 9 heteroatoms. The third-order valence-corrected chi connectivity index (χ3v) is 3.49. The third-order valence-electron chi connectivity index (χ3n) is 3.08. The van der Waals surface area contributed by atoms with Gasteiger partial charge >= 0.3 is 0 Å². The van der Waals surface area contributed by atoms with E-state index in [4.69, 9.17) is 4.52 Å². The fraction of sp³-hybridized carbons (Fsp3) is 0.308. The van der Waals surface area contributed by atoms with Crippen LogP contribution < -0.4 is 5.32 Å². The zero-order chi connectivity index (χ0) is 15.9. The summed E-state index contributed by atoms with van der Waals surface area (Å²) in [4.78, 5) is 20.9. The summed E-state index contributed by atoms with van der Waals surface area (Å²) in [5.41, 5.74) is 0.0694. The van der Waals surface area contributed by atoms with Crippen LogP contribution in [-0.4, -0.2) is 30.6 Å². The van der Waals surface area contributed by atoms with Gasteiger partial charge in [-0.2, -0.15) is 10.1 Å². The van der Waals surface area contributed by atoms with E-state index in [2.05, 4.69) is 41.5 Å². The largest absolute Gasteiger partial charge is 0.340 e. The Morgan fingerprint density at radius 3 is 2.86 bits per heavy atom. The number of aromatic nitrogens is 5. The Hall–Kier alpha value is -2.29. The number of nitrogens with one attached hydrogen (secondary N) is 1. The van der Waals surface area contributed by atoms with Crippen molar-refractivity contribution in [3.63, 3.8) is 0 Å². The second kappa shape index (κ2) is 5.16. The molecular formula is C13H13BrN6O2. The van der Waals surface area contributed by atoms with Crippen LogP contribution in [0.15, 0.2) is 27.6 Å². The maximum Gasteiger partial charge on any atom is 0.257 e. The molecule has 8 nitrogen and oxygen atoms in total. The lowest BCUT2D eigenvalue weighted by Crippen LogP contribution is -2.41. The number of nitrogens with zero attached hydrogens (tertiary/aromatic N) is 5. The van der Waals surface area contributed by atoms with Crippen molar-refractivity contribution in [2.75, 3.05) is 0 Å². The highest BCUT2D eigenvalue weighted by Crippen LogP contribution is 2.19. The van der Waals surface area contributed by atoms with E-state index in [1.54, 1.807) is 33.2 Å². The molecule has 0 unspecified atom stereocenters. The van der Waals surface area contributed by atoms with E-state index in [1.807, 2.05) is 0 Å². The lowest BCUT2D eigenvalue weighted by molar-refractivity contribution is 0.0909. The molecule has 0 aliphatic rings. The predicted octanol–water partition coefficient (Wildman–Crippen LogP) is 1.85. The van der Waals surface area contributed by atoms with Crippen LogP contribution >= 0.6 is 15.9 Å². The summed E-state index contributed by atoms with van der Waals surface area (Å²) in [6.07, 6.45) is 4.82. The Kier molecular flexibility index (Phi) is 3.44. The van der Waals surface area contributed by atoms with Gasteiger partial charge in [0.1, 0.15) is 5.56 Å². The summed E-state index contributed by atoms with van der Waals surface area (Å²) in [6, 6.07) is 0. The van der Waals surface area contributed by atoms with Gasteiger partial charge in [-0.25, -0.2) is 9.50 Å². The lowest BCUT2D eigenvalue weighted by Gasteiger charge is -2.21. The molecule has 22 heavy (non-hydrogen) atoms. The Morgan fingerprint density at radius 2 is 2.18 bits per heavy atom. The van der Waals surface area contributed by atoms with E-state index in [0.29, 0.717) is 22.9 Å². The van der Waals surface area contributed by atoms with Crippen molar-refractivity contribution in [1.29, 1.82) is 0 Å². The van der Waals surface area contributed by atoms with E-state index < -0.39 is 5.54 Å². The molecule has 0 saturated carbocycles. The molecule has 3 aromatic heterocycles. The average molecular weight is 365 g/mol. The Morgan fingerprint density at radius 1 is 1.41 bits per heavy atom. The minimum absolute atomic E-state index is 0.308. The van der Waals surface area contributed by atoms with Gasteiger partial charge in [-0.05, 0) is 29.8 Å². The van der Waals surface area contributed by atoms with E-state index >= 15 is 0 Å². The number of hydrogen-bond donors (Lipinski definition) is 1. The van der Waals surface area contributed by atoms with Gasteiger partial charge in [0, 0.05) is 19.3 Å². The highest BCUT2D eigenvalue weighted by molar-refractivity contribution is 9.10. The standard InChI is InChI=1S/C13H13BrN6O2/c1-7-17-12(19-22-7)13(2,3)18-11(21)9-5-16-20-6-8(14)4-15-10(9)20/h4-6H,1-3H3,(H,18,21). The number of halogens is 1. The predicted molar refractivity (Wildman–Crippen MR) is 80.2 cm³/mol. The number of carbonyl (C=O) groups excluding carboxylic acids is 1. The quantitative estimate of drug-likeness (QED) is 0.761. The molecule has 0 saturated heterocycles. The summed E-state index contributed by atoms with van der Waals surface area (Å²) < 4.78 is 7.27. The first-order valence-corrected chi connectivity index (χ1v) is 7.28. The van der Waals surface area contributed by atoms with Crippen molar-refractivity contribution in [3.05, 3.63) is 40.3 Å². The van der Waals surface area contributed by atoms with E-state index in [0.717, 1.165) is 4.47 Å². The van der Waals surface area contributed by atoms with Gasteiger partial charge in [0.25, 0.3) is 5.91 Å². The van der Waals surface area contributed by atoms with Gasteiger partial charge < -0.3 is 9.84 Å². The van der Waals surface area contributed by atoms with E-state index in [9.17, 15) is 4.79 Å². The van der Waals surface area contributed by atoms with Gasteiger partial charge in [-0.15, -0.1) is 0 Å². The SMILES string of the molecule is Cc1nc(C(C)(C)NC(=O)c2cnn3cc(Br)cnc23)no1. The number of aryl methyl sites for hydroxylation is 1. The third kappa shape index (κ3) is 2.59. The van der Waals surface area contributed by atoms with E-state index in [-0.39, 0.29) is 5.91 Å². The molecule has 0 atom stereocenters. The van der Waals surface area contributed by atoms with E-state index in [1.165, 1.54) is 10.7 Å². The molecular weight excluding hydrogens is 352 g/mol. The van der Waals surface area contributed by atoms with Gasteiger partial charge in [-0.3, -0.25) is 4.79 Å². The fourth-order valence-corrected chi connectivity index (χ4v) is 2.27. The molecule has 3 rings (SSSR count). The summed E-state index contributed by atoms with van der Waals surface area (Å²) >= 11 is 3.31. The van der Waals surface area contributed by atoms with Crippen molar-refractivity contribution in [2.45, 2.75) is 26.3 Å². The maximum absolute atomic E-state index is 12.5. The maximum atomic E-state index is 12.5. The van der Waals surface area contributed by atoms with Crippen molar-refractivity contribution in [1.82, 2.24) is 30.1 Å². The fourth-order valence-electron chi connectivity index (χ4n) is 1.97.